The minimum atomic E-state index is -0.122. The molecule has 4 aromatic rings. The quantitative estimate of drug-likeness (QED) is 0.442. The zero-order valence-electron chi connectivity index (χ0n) is 16.4. The normalized spacial score (nSPS) is 15.5. The number of H-pyrrole nitrogens is 1. The average molecular weight is 411 g/mol. The summed E-state index contributed by atoms with van der Waals surface area (Å²) >= 11 is 1.64. The summed E-state index contributed by atoms with van der Waals surface area (Å²) in [5.41, 5.74) is 3.84. The summed E-state index contributed by atoms with van der Waals surface area (Å²) in [6.45, 7) is 4.22. The van der Waals surface area contributed by atoms with Gasteiger partial charge in [0, 0.05) is 23.5 Å². The van der Waals surface area contributed by atoms with Gasteiger partial charge in [-0.2, -0.15) is 5.10 Å². The average Bonchev–Trinajstić information content (AvgIpc) is 3.46. The molecule has 1 aliphatic heterocycles. The van der Waals surface area contributed by atoms with E-state index in [0.29, 0.717) is 0 Å². The largest absolute Gasteiger partial charge is 0.493 e. The van der Waals surface area contributed by atoms with Gasteiger partial charge in [0.1, 0.15) is 18.2 Å². The SMILES string of the molecule is OCn1nc(-c2cc3ccc(OCCCN4CCCCC4)cc3[nH]2)c2sccc21. The summed E-state index contributed by atoms with van der Waals surface area (Å²) in [6, 6.07) is 10.3. The highest BCUT2D eigenvalue weighted by molar-refractivity contribution is 7.17. The number of fused-ring (bicyclic) bond motifs is 2. The predicted octanol–water partition coefficient (Wildman–Crippen LogP) is 4.45. The first-order valence-electron chi connectivity index (χ1n) is 10.3. The van der Waals surface area contributed by atoms with Gasteiger partial charge in [0.2, 0.25) is 0 Å². The fraction of sp³-hybridized carbons (Fsp3) is 0.409. The first-order chi connectivity index (χ1) is 14.3. The number of hydrogen-bond donors (Lipinski definition) is 2. The highest BCUT2D eigenvalue weighted by Crippen LogP contribution is 2.34. The molecule has 0 saturated carbocycles. The minimum absolute atomic E-state index is 0.122. The van der Waals surface area contributed by atoms with Gasteiger partial charge in [-0.05, 0) is 62.0 Å². The zero-order valence-corrected chi connectivity index (χ0v) is 17.2. The van der Waals surface area contributed by atoms with Crippen molar-refractivity contribution in [3.63, 3.8) is 0 Å². The molecule has 0 spiro atoms. The minimum Gasteiger partial charge on any atom is -0.493 e. The predicted molar refractivity (Wildman–Crippen MR) is 118 cm³/mol. The molecule has 4 heterocycles. The van der Waals surface area contributed by atoms with Crippen molar-refractivity contribution >= 4 is 32.5 Å². The molecule has 1 saturated heterocycles. The topological polar surface area (TPSA) is 66.3 Å². The zero-order chi connectivity index (χ0) is 19.6. The maximum absolute atomic E-state index is 9.55. The summed E-state index contributed by atoms with van der Waals surface area (Å²) in [5.74, 6) is 0.895. The number of ether oxygens (including phenoxy) is 1. The first-order valence-corrected chi connectivity index (χ1v) is 11.2. The van der Waals surface area contributed by atoms with E-state index in [4.69, 9.17) is 4.74 Å². The third-order valence-corrected chi connectivity index (χ3v) is 6.59. The molecule has 1 fully saturated rings. The molecule has 5 rings (SSSR count). The van der Waals surface area contributed by atoms with Crippen molar-refractivity contribution in [1.29, 1.82) is 0 Å². The first kappa shape index (κ1) is 18.7. The van der Waals surface area contributed by atoms with E-state index in [1.54, 1.807) is 16.0 Å². The van der Waals surface area contributed by atoms with Gasteiger partial charge in [0.15, 0.2) is 0 Å². The van der Waals surface area contributed by atoms with Crippen LogP contribution in [0.2, 0.25) is 0 Å². The molecule has 0 aliphatic carbocycles. The van der Waals surface area contributed by atoms with Gasteiger partial charge in [-0.1, -0.05) is 6.42 Å². The molecule has 1 aromatic carbocycles. The number of nitrogens with one attached hydrogen (secondary N) is 1. The number of aliphatic hydroxyl groups excluding tert-OH is 1. The summed E-state index contributed by atoms with van der Waals surface area (Å²) in [6.07, 6.45) is 5.11. The lowest BCUT2D eigenvalue weighted by Gasteiger charge is -2.26. The number of thiophene rings is 1. The molecule has 0 amide bonds. The molecule has 29 heavy (non-hydrogen) atoms. The highest BCUT2D eigenvalue weighted by atomic mass is 32.1. The Hall–Kier alpha value is -2.35. The molecule has 0 bridgehead atoms. The molecule has 2 N–H and O–H groups in total. The van der Waals surface area contributed by atoms with Crippen molar-refractivity contribution in [3.05, 3.63) is 35.7 Å². The standard InChI is InChI=1S/C22H26N4O2S/c27-15-26-20-7-12-29-22(20)21(24-26)19-13-16-5-6-17(14-18(16)23-19)28-11-4-10-25-8-2-1-3-9-25/h5-7,12-14,23,27H,1-4,8-11,15H2. The van der Waals surface area contributed by atoms with Gasteiger partial charge in [-0.15, -0.1) is 11.3 Å². The second-order valence-electron chi connectivity index (χ2n) is 7.66. The number of aromatic nitrogens is 3. The summed E-state index contributed by atoms with van der Waals surface area (Å²) in [5, 5.41) is 17.3. The van der Waals surface area contributed by atoms with Gasteiger partial charge in [0.25, 0.3) is 0 Å². The van der Waals surface area contributed by atoms with Crippen LogP contribution in [-0.4, -0.2) is 51.0 Å². The lowest BCUT2D eigenvalue weighted by Crippen LogP contribution is -2.31. The number of benzene rings is 1. The second-order valence-corrected chi connectivity index (χ2v) is 8.58. The van der Waals surface area contributed by atoms with Gasteiger partial charge >= 0.3 is 0 Å². The van der Waals surface area contributed by atoms with Crippen molar-refractivity contribution in [2.75, 3.05) is 26.2 Å². The maximum atomic E-state index is 9.55. The number of piperidine rings is 1. The van der Waals surface area contributed by atoms with Crippen LogP contribution >= 0.6 is 11.3 Å². The Kier molecular flexibility index (Phi) is 5.26. The fourth-order valence-corrected chi connectivity index (χ4v) is 5.06. The van der Waals surface area contributed by atoms with Crippen LogP contribution in [0.5, 0.6) is 5.75 Å². The van der Waals surface area contributed by atoms with Crippen LogP contribution in [0.3, 0.4) is 0 Å². The molecular weight excluding hydrogens is 384 g/mol. The lowest BCUT2D eigenvalue weighted by atomic mass is 10.1. The van der Waals surface area contributed by atoms with Gasteiger partial charge in [-0.3, -0.25) is 0 Å². The third kappa shape index (κ3) is 3.77. The van der Waals surface area contributed by atoms with Crippen LogP contribution < -0.4 is 4.74 Å². The van der Waals surface area contributed by atoms with Crippen LogP contribution in [0.25, 0.3) is 32.5 Å². The highest BCUT2D eigenvalue weighted by Gasteiger charge is 2.15. The van der Waals surface area contributed by atoms with Gasteiger partial charge in [0.05, 0.1) is 22.5 Å². The van der Waals surface area contributed by atoms with Crippen LogP contribution in [0, 0.1) is 0 Å². The third-order valence-electron chi connectivity index (χ3n) is 5.68. The van der Waals surface area contributed by atoms with Gasteiger partial charge < -0.3 is 19.7 Å². The smallest absolute Gasteiger partial charge is 0.136 e. The molecule has 6 nitrogen and oxygen atoms in total. The second kappa shape index (κ2) is 8.18. The van der Waals surface area contributed by atoms with E-state index >= 15 is 0 Å². The number of hydrogen-bond acceptors (Lipinski definition) is 5. The Bertz CT molecular complexity index is 1110. The number of likely N-dealkylation sites (tertiary alicyclic amines) is 1. The van der Waals surface area contributed by atoms with Crippen molar-refractivity contribution in [2.24, 2.45) is 0 Å². The van der Waals surface area contributed by atoms with Crippen LogP contribution in [0.1, 0.15) is 25.7 Å². The van der Waals surface area contributed by atoms with E-state index in [-0.39, 0.29) is 6.73 Å². The molecule has 7 heteroatoms. The fourth-order valence-electron chi connectivity index (χ4n) is 4.17. The molecule has 0 unspecified atom stereocenters. The monoisotopic (exact) mass is 410 g/mol. The van der Waals surface area contributed by atoms with Crippen LogP contribution in [0.4, 0.5) is 0 Å². The van der Waals surface area contributed by atoms with Crippen molar-refractivity contribution in [1.82, 2.24) is 19.7 Å². The van der Waals surface area contributed by atoms with Crippen LogP contribution in [0.15, 0.2) is 35.7 Å². The molecule has 152 valence electrons. The Morgan fingerprint density at radius 1 is 1.14 bits per heavy atom. The molecule has 0 atom stereocenters. The number of aliphatic hydroxyl groups is 1. The Labute approximate surface area is 173 Å². The van der Waals surface area contributed by atoms with E-state index in [9.17, 15) is 5.11 Å². The van der Waals surface area contributed by atoms with E-state index in [1.165, 1.54) is 32.4 Å². The number of rotatable bonds is 7. The molecule has 1 aliphatic rings. The van der Waals surface area contributed by atoms with E-state index in [1.807, 2.05) is 17.5 Å². The van der Waals surface area contributed by atoms with Gasteiger partial charge in [-0.25, -0.2) is 4.68 Å². The Morgan fingerprint density at radius 3 is 2.90 bits per heavy atom. The van der Waals surface area contributed by atoms with E-state index in [2.05, 4.69) is 33.2 Å². The molecule has 3 aromatic heterocycles. The van der Waals surface area contributed by atoms with E-state index in [0.717, 1.165) is 57.8 Å². The lowest BCUT2D eigenvalue weighted by molar-refractivity contribution is 0.201. The number of aromatic amines is 1. The maximum Gasteiger partial charge on any atom is 0.136 e. The number of nitrogens with zero attached hydrogens (tertiary/aromatic N) is 3. The summed E-state index contributed by atoms with van der Waals surface area (Å²) in [4.78, 5) is 6.02. The Morgan fingerprint density at radius 2 is 2.03 bits per heavy atom. The molecule has 0 radical (unpaired) electrons. The van der Waals surface area contributed by atoms with Crippen LogP contribution in [-0.2, 0) is 6.73 Å². The van der Waals surface area contributed by atoms with Crippen molar-refractivity contribution < 1.29 is 9.84 Å². The Balaban J connectivity index is 1.29. The summed E-state index contributed by atoms with van der Waals surface area (Å²) < 4.78 is 8.71. The molecular formula is C22H26N4O2S. The summed E-state index contributed by atoms with van der Waals surface area (Å²) in [7, 11) is 0. The van der Waals surface area contributed by atoms with E-state index < -0.39 is 0 Å². The van der Waals surface area contributed by atoms with Crippen molar-refractivity contribution in [2.45, 2.75) is 32.4 Å². The van der Waals surface area contributed by atoms with Crippen molar-refractivity contribution in [3.8, 4) is 17.1 Å².